The molecule has 2 aromatic rings. The number of nitrogens with zero attached hydrogens (tertiary/aromatic N) is 1. The molecule has 0 aromatic heterocycles. The second-order valence-electron chi connectivity index (χ2n) is 15.3. The lowest BCUT2D eigenvalue weighted by Gasteiger charge is -2.38. The van der Waals surface area contributed by atoms with Crippen molar-refractivity contribution in [2.24, 2.45) is 23.7 Å². The molecular formula is C43H58N2O13. The summed E-state index contributed by atoms with van der Waals surface area (Å²) >= 11 is 0. The number of hydrogen-bond donors (Lipinski definition) is 5. The van der Waals surface area contributed by atoms with Crippen molar-refractivity contribution in [3.05, 3.63) is 53.3 Å². The number of fused-ring (bicyclic) bond motifs is 14. The van der Waals surface area contributed by atoms with Crippen LogP contribution in [0.25, 0.3) is 10.8 Å². The van der Waals surface area contributed by atoms with Crippen molar-refractivity contribution < 1.29 is 63.3 Å². The van der Waals surface area contributed by atoms with Crippen molar-refractivity contribution in [1.82, 2.24) is 4.90 Å². The van der Waals surface area contributed by atoms with E-state index in [0.29, 0.717) is 13.1 Å². The van der Waals surface area contributed by atoms with Crippen LogP contribution in [-0.4, -0.2) is 106 Å². The number of carbonyl (C=O) groups is 4. The lowest BCUT2D eigenvalue weighted by Crippen LogP contribution is -2.46. The topological polar surface area (TPSA) is 211 Å². The van der Waals surface area contributed by atoms with Crippen LogP contribution in [0.15, 0.2) is 42.2 Å². The zero-order chi connectivity index (χ0) is 43.4. The maximum absolute atomic E-state index is 14.4. The molecule has 58 heavy (non-hydrogen) atoms. The van der Waals surface area contributed by atoms with Crippen LogP contribution in [-0.2, 0) is 28.6 Å². The first-order valence-corrected chi connectivity index (χ1v) is 19.5. The molecule has 3 aliphatic heterocycles. The number of ketones is 1. The Bertz CT molecular complexity index is 1990. The van der Waals surface area contributed by atoms with Crippen LogP contribution >= 0.6 is 0 Å². The van der Waals surface area contributed by atoms with Crippen molar-refractivity contribution >= 4 is 40.0 Å². The molecular weight excluding hydrogens is 752 g/mol. The Balaban J connectivity index is 1.94. The molecule has 0 fully saturated rings. The molecule has 15 nitrogen and oxygen atoms in total. The minimum Gasteiger partial charge on any atom is -0.507 e. The van der Waals surface area contributed by atoms with Crippen molar-refractivity contribution in [3.8, 4) is 23.0 Å². The molecule has 3 aliphatic rings. The number of Topliss-reactive ketones (excluding diaryl/α,β-unsaturated/α-hetero) is 1. The van der Waals surface area contributed by atoms with Gasteiger partial charge in [0.1, 0.15) is 23.4 Å². The number of phenolic OH excluding ortho intramolecular Hbond substituents is 2. The van der Waals surface area contributed by atoms with Gasteiger partial charge >= 0.3 is 11.8 Å². The number of benzene rings is 2. The molecule has 2 amide bonds. The third-order valence-electron chi connectivity index (χ3n) is 11.3. The fraction of sp³-hybridized carbons (Fsp3) is 0.535. The van der Waals surface area contributed by atoms with E-state index >= 15 is 0 Å². The van der Waals surface area contributed by atoms with Gasteiger partial charge in [0.25, 0.3) is 17.6 Å². The number of aliphatic hydroxyl groups is 2. The first-order valence-electron chi connectivity index (χ1n) is 19.5. The lowest BCUT2D eigenvalue weighted by molar-refractivity contribution is -0.160. The van der Waals surface area contributed by atoms with Gasteiger partial charge in [0.2, 0.25) is 0 Å². The molecule has 0 saturated heterocycles. The zero-order valence-corrected chi connectivity index (χ0v) is 35.1. The van der Waals surface area contributed by atoms with Gasteiger partial charge < -0.3 is 54.3 Å². The summed E-state index contributed by atoms with van der Waals surface area (Å²) in [5, 5.41) is 48.4. The summed E-state index contributed by atoms with van der Waals surface area (Å²) in [6.45, 7) is 16.5. The average Bonchev–Trinajstić information content (AvgIpc) is 3.45. The highest BCUT2D eigenvalue weighted by atomic mass is 16.7. The van der Waals surface area contributed by atoms with Crippen LogP contribution in [0.2, 0.25) is 0 Å². The summed E-state index contributed by atoms with van der Waals surface area (Å²) < 4.78 is 29.7. The first kappa shape index (κ1) is 45.6. The second-order valence-corrected chi connectivity index (χ2v) is 15.3. The van der Waals surface area contributed by atoms with E-state index < -0.39 is 89.6 Å². The van der Waals surface area contributed by atoms with Crippen LogP contribution in [0, 0.1) is 30.6 Å². The molecule has 0 spiro atoms. The summed E-state index contributed by atoms with van der Waals surface area (Å²) in [7, 11) is 1.44. The number of phenols is 2. The fourth-order valence-electron chi connectivity index (χ4n) is 7.56. The predicted octanol–water partition coefficient (Wildman–Crippen LogP) is 5.30. The van der Waals surface area contributed by atoms with E-state index in [9.17, 15) is 39.6 Å². The first-order chi connectivity index (χ1) is 27.2. The van der Waals surface area contributed by atoms with Gasteiger partial charge in [0, 0.05) is 80.3 Å². The molecule has 5 N–H and O–H groups in total. The van der Waals surface area contributed by atoms with Crippen molar-refractivity contribution in [1.29, 1.82) is 0 Å². The summed E-state index contributed by atoms with van der Waals surface area (Å²) in [5.74, 6) is -8.01. The third kappa shape index (κ3) is 9.11. The Morgan fingerprint density at radius 1 is 0.948 bits per heavy atom. The number of rotatable bonds is 7. The van der Waals surface area contributed by atoms with Crippen LogP contribution < -0.4 is 14.8 Å². The van der Waals surface area contributed by atoms with Gasteiger partial charge in [-0.05, 0) is 33.8 Å². The Labute approximate surface area is 339 Å². The number of aromatic hydroxyl groups is 2. The monoisotopic (exact) mass is 810 g/mol. The van der Waals surface area contributed by atoms with Crippen LogP contribution in [0.3, 0.4) is 0 Å². The third-order valence-corrected chi connectivity index (χ3v) is 11.3. The number of hydrogen-bond acceptors (Lipinski definition) is 13. The summed E-state index contributed by atoms with van der Waals surface area (Å²) in [5.41, 5.74) is -0.00860. The van der Waals surface area contributed by atoms with Gasteiger partial charge in [-0.15, -0.1) is 0 Å². The Morgan fingerprint density at radius 3 is 2.21 bits per heavy atom. The Hall–Kier alpha value is -5.12. The highest BCUT2D eigenvalue weighted by molar-refractivity contribution is 6.21. The maximum atomic E-state index is 14.4. The molecule has 0 aliphatic carbocycles. The van der Waals surface area contributed by atoms with E-state index in [1.165, 1.54) is 59.3 Å². The highest BCUT2D eigenvalue weighted by Gasteiger charge is 2.49. The average molecular weight is 811 g/mol. The molecule has 0 radical (unpaired) electrons. The number of amides is 2. The summed E-state index contributed by atoms with van der Waals surface area (Å²) in [4.78, 5) is 54.9. The van der Waals surface area contributed by atoms with Crippen molar-refractivity contribution in [2.75, 3.05) is 32.1 Å². The molecule has 0 unspecified atom stereocenters. The fourth-order valence-corrected chi connectivity index (χ4v) is 7.56. The zero-order valence-electron chi connectivity index (χ0n) is 35.1. The summed E-state index contributed by atoms with van der Waals surface area (Å²) in [6.07, 6.45) is 3.60. The van der Waals surface area contributed by atoms with Gasteiger partial charge in [0.15, 0.2) is 12.4 Å². The van der Waals surface area contributed by atoms with Gasteiger partial charge in [-0.3, -0.25) is 19.2 Å². The predicted molar refractivity (Wildman–Crippen MR) is 216 cm³/mol. The van der Waals surface area contributed by atoms with E-state index in [4.69, 9.17) is 23.7 Å². The number of allylic oxidation sites excluding steroid dienone is 2. The normalized spacial score (nSPS) is 30.1. The van der Waals surface area contributed by atoms with E-state index in [1.54, 1.807) is 44.7 Å². The number of aliphatic hydroxyl groups excluding tert-OH is 2. The number of esters is 1. The molecule has 2 aromatic carbocycles. The number of likely N-dealkylation sites (N-methyl/N-ethyl adjacent to an activating group) is 1. The molecule has 318 valence electrons. The molecule has 3 heterocycles. The number of methoxy groups -OCH3 is 1. The minimum atomic E-state index is -2.02. The Morgan fingerprint density at radius 2 is 1.60 bits per heavy atom. The highest BCUT2D eigenvalue weighted by Crippen LogP contribution is 2.54. The molecule has 5 bridgehead atoms. The van der Waals surface area contributed by atoms with E-state index in [1.807, 2.05) is 13.8 Å². The van der Waals surface area contributed by atoms with Crippen LogP contribution in [0.5, 0.6) is 23.0 Å². The lowest BCUT2D eigenvalue weighted by atomic mass is 9.78. The maximum Gasteiger partial charge on any atom is 0.312 e. The summed E-state index contributed by atoms with van der Waals surface area (Å²) in [6, 6.07) is 1.27. The number of nitrogens with one attached hydrogen (secondary N) is 1. The Kier molecular flexibility index (Phi) is 14.6. The van der Waals surface area contributed by atoms with Gasteiger partial charge in [0.05, 0.1) is 41.2 Å². The van der Waals surface area contributed by atoms with E-state index in [-0.39, 0.29) is 50.6 Å². The smallest absolute Gasteiger partial charge is 0.312 e. The standard InChI is InChI=1S/C43H58N2O13/c1-12-45(13-2)31(47)20-55-30-19-28-38(51)33-32(30)34-40(26(8)37(33)50)58-43(10,41(34)52)56-18-17-29(54-11)23(5)39(57-27(9)46)25(7)36(49)24(6)35(48)21(3)15-14-16-22(4)42(53)44-28/h14-19,21,23-25,29,35-36,39,48-51H,12-13,20H2,1-11H3,(H,44,53)/b15-14-,18-17-,22-16-/t21-,23+,24+,25+,29-,35-,36+,39+,43-/m0/s1. The van der Waals surface area contributed by atoms with Crippen molar-refractivity contribution in [3.63, 3.8) is 0 Å². The second kappa shape index (κ2) is 18.6. The van der Waals surface area contributed by atoms with Crippen LogP contribution in [0.1, 0.15) is 78.2 Å². The van der Waals surface area contributed by atoms with Gasteiger partial charge in [-0.2, -0.15) is 0 Å². The molecule has 0 saturated carbocycles. The van der Waals surface area contributed by atoms with Gasteiger partial charge in [-0.1, -0.05) is 45.9 Å². The SMILES string of the molecule is CCN(CC)C(=O)COc1cc2c(O)c3c(O)c(C)c4c(c13)C(=O)[C@@](C)(O/C=C\[C@H](OC)[C@@H](C)[C@@H](OC(C)=O)[C@H](C)[C@H](O)[C@H](C)[C@@H](O)[C@@H](C)/C=C\C=C(\C)C(=O)N2)O4. The largest absolute Gasteiger partial charge is 0.507 e. The van der Waals surface area contributed by atoms with Crippen LogP contribution in [0.4, 0.5) is 5.69 Å². The number of anilines is 1. The van der Waals surface area contributed by atoms with E-state index in [2.05, 4.69) is 5.32 Å². The molecule has 15 heteroatoms. The number of ether oxygens (including phenoxy) is 5. The quantitative estimate of drug-likeness (QED) is 0.178. The minimum absolute atomic E-state index is 0.0574. The molecule has 9 atom stereocenters. The van der Waals surface area contributed by atoms with Gasteiger partial charge in [-0.25, -0.2) is 0 Å². The molecule has 5 rings (SSSR count). The van der Waals surface area contributed by atoms with Crippen molar-refractivity contribution in [2.45, 2.75) is 99.4 Å². The number of carbonyl (C=O) groups excluding carboxylic acids is 4. The van der Waals surface area contributed by atoms with E-state index in [0.717, 1.165) is 0 Å².